The summed E-state index contributed by atoms with van der Waals surface area (Å²) in [7, 11) is 0. The maximum Gasteiger partial charge on any atom is 0.339 e. The van der Waals surface area contributed by atoms with Crippen LogP contribution in [0.5, 0.6) is 0 Å². The molecule has 5 nitrogen and oxygen atoms in total. The van der Waals surface area contributed by atoms with E-state index in [9.17, 15) is 4.79 Å². The summed E-state index contributed by atoms with van der Waals surface area (Å²) < 4.78 is 0. The number of rotatable bonds is 5. The lowest BCUT2D eigenvalue weighted by atomic mass is 10.1. The van der Waals surface area contributed by atoms with E-state index in [4.69, 9.17) is 5.11 Å². The number of carbonyl (C=O) groups is 1. The minimum absolute atomic E-state index is 0.187. The van der Waals surface area contributed by atoms with E-state index in [2.05, 4.69) is 24.0 Å². The molecule has 1 aromatic heterocycles. The Bertz CT molecular complexity index is 391. The van der Waals surface area contributed by atoms with Crippen molar-refractivity contribution in [1.82, 2.24) is 10.2 Å². The summed E-state index contributed by atoms with van der Waals surface area (Å²) in [5.74, 6) is -0.0888. The van der Waals surface area contributed by atoms with Crippen molar-refractivity contribution >= 4 is 11.8 Å². The Kier molecular flexibility index (Phi) is 4.43. The highest BCUT2D eigenvalue weighted by Crippen LogP contribution is 2.20. The monoisotopic (exact) mass is 237 g/mol. The van der Waals surface area contributed by atoms with Crippen LogP contribution in [0.2, 0.25) is 0 Å². The van der Waals surface area contributed by atoms with Gasteiger partial charge in [-0.15, -0.1) is 5.10 Å². The van der Waals surface area contributed by atoms with Gasteiger partial charge >= 0.3 is 5.97 Å². The van der Waals surface area contributed by atoms with Gasteiger partial charge in [0.25, 0.3) is 0 Å². The van der Waals surface area contributed by atoms with Crippen molar-refractivity contribution < 1.29 is 9.90 Å². The molecular formula is C12H19N3O2. The second-order valence-corrected chi connectivity index (χ2v) is 4.71. The number of hydrogen-bond acceptors (Lipinski definition) is 4. The third-order valence-electron chi connectivity index (χ3n) is 2.39. The molecule has 0 saturated carbocycles. The fourth-order valence-electron chi connectivity index (χ4n) is 1.64. The molecule has 1 rings (SSSR count). The van der Waals surface area contributed by atoms with Gasteiger partial charge in [0.15, 0.2) is 5.82 Å². The molecule has 1 heterocycles. The number of anilines is 1. The van der Waals surface area contributed by atoms with Crippen molar-refractivity contribution in [3.8, 4) is 0 Å². The molecule has 0 bridgehead atoms. The van der Waals surface area contributed by atoms with Crippen molar-refractivity contribution in [2.24, 2.45) is 5.92 Å². The van der Waals surface area contributed by atoms with E-state index in [1.54, 1.807) is 0 Å². The van der Waals surface area contributed by atoms with Gasteiger partial charge in [-0.3, -0.25) is 0 Å². The number of nitrogens with zero attached hydrogens (tertiary/aromatic N) is 3. The average Bonchev–Trinajstić information content (AvgIpc) is 2.25. The van der Waals surface area contributed by atoms with Crippen LogP contribution in [0.4, 0.5) is 5.82 Å². The smallest absolute Gasteiger partial charge is 0.339 e. The summed E-state index contributed by atoms with van der Waals surface area (Å²) in [6.45, 7) is 8.97. The molecule has 0 amide bonds. The van der Waals surface area contributed by atoms with Crippen LogP contribution >= 0.6 is 0 Å². The van der Waals surface area contributed by atoms with Gasteiger partial charge in [-0.05, 0) is 25.8 Å². The minimum Gasteiger partial charge on any atom is -0.478 e. The van der Waals surface area contributed by atoms with Gasteiger partial charge in [0.2, 0.25) is 0 Å². The largest absolute Gasteiger partial charge is 0.478 e. The summed E-state index contributed by atoms with van der Waals surface area (Å²) in [5.41, 5.74) is 0.203. The molecule has 0 aliphatic heterocycles. The topological polar surface area (TPSA) is 66.3 Å². The number of aromatic nitrogens is 2. The van der Waals surface area contributed by atoms with E-state index in [1.807, 2.05) is 18.7 Å². The maximum atomic E-state index is 11.1. The molecule has 0 spiro atoms. The van der Waals surface area contributed by atoms with Gasteiger partial charge in [-0.1, -0.05) is 13.8 Å². The molecule has 94 valence electrons. The number of carboxylic acid groups (broad SMARTS) is 1. The molecule has 0 radical (unpaired) electrons. The van der Waals surface area contributed by atoms with Crippen molar-refractivity contribution in [3.05, 3.63) is 17.8 Å². The van der Waals surface area contributed by atoms with Crippen LogP contribution in [-0.2, 0) is 0 Å². The van der Waals surface area contributed by atoms with E-state index in [1.165, 1.54) is 12.3 Å². The van der Waals surface area contributed by atoms with Gasteiger partial charge in [0.1, 0.15) is 5.56 Å². The van der Waals surface area contributed by atoms with E-state index in [-0.39, 0.29) is 11.6 Å². The SMILES string of the molecule is CC(C)CN(c1nnccc1C(=O)O)C(C)C. The lowest BCUT2D eigenvalue weighted by Gasteiger charge is -2.29. The highest BCUT2D eigenvalue weighted by atomic mass is 16.4. The first-order valence-corrected chi connectivity index (χ1v) is 5.75. The summed E-state index contributed by atoms with van der Waals surface area (Å²) in [5, 5.41) is 16.9. The Hall–Kier alpha value is -1.65. The molecule has 1 aromatic rings. The Morgan fingerprint density at radius 2 is 2.06 bits per heavy atom. The van der Waals surface area contributed by atoms with Crippen molar-refractivity contribution in [3.63, 3.8) is 0 Å². The molecule has 0 saturated heterocycles. The number of hydrogen-bond donors (Lipinski definition) is 1. The minimum atomic E-state index is -0.968. The van der Waals surface area contributed by atoms with Crippen LogP contribution in [0, 0.1) is 5.92 Å². The van der Waals surface area contributed by atoms with Crippen LogP contribution in [0.25, 0.3) is 0 Å². The molecule has 0 aliphatic carbocycles. The van der Waals surface area contributed by atoms with Crippen molar-refractivity contribution in [2.75, 3.05) is 11.4 Å². The summed E-state index contributed by atoms with van der Waals surface area (Å²) in [6.07, 6.45) is 1.40. The van der Waals surface area contributed by atoms with Gasteiger partial charge in [-0.25, -0.2) is 4.79 Å². The lowest BCUT2D eigenvalue weighted by molar-refractivity contribution is 0.0697. The zero-order valence-electron chi connectivity index (χ0n) is 10.7. The van der Waals surface area contributed by atoms with Crippen LogP contribution in [-0.4, -0.2) is 33.9 Å². The molecule has 0 aromatic carbocycles. The third kappa shape index (κ3) is 3.41. The molecule has 1 N–H and O–H groups in total. The standard InChI is InChI=1S/C12H19N3O2/c1-8(2)7-15(9(3)4)11-10(12(16)17)5-6-13-14-11/h5-6,8-9H,7H2,1-4H3,(H,16,17). The molecule has 0 unspecified atom stereocenters. The first-order chi connectivity index (χ1) is 7.93. The predicted molar refractivity (Wildman–Crippen MR) is 66.3 cm³/mol. The maximum absolute atomic E-state index is 11.1. The lowest BCUT2D eigenvalue weighted by Crippen LogP contribution is -2.36. The Morgan fingerprint density at radius 3 is 2.53 bits per heavy atom. The van der Waals surface area contributed by atoms with E-state index in [0.717, 1.165) is 6.54 Å². The normalized spacial score (nSPS) is 10.9. The molecule has 0 aliphatic rings. The van der Waals surface area contributed by atoms with Gasteiger partial charge in [0, 0.05) is 12.6 Å². The summed E-state index contributed by atoms with van der Waals surface area (Å²) in [4.78, 5) is 13.1. The van der Waals surface area contributed by atoms with E-state index >= 15 is 0 Å². The first-order valence-electron chi connectivity index (χ1n) is 5.75. The summed E-state index contributed by atoms with van der Waals surface area (Å²) >= 11 is 0. The quantitative estimate of drug-likeness (QED) is 0.849. The Balaban J connectivity index is 3.13. The Morgan fingerprint density at radius 1 is 1.41 bits per heavy atom. The van der Waals surface area contributed by atoms with Gasteiger partial charge in [0.05, 0.1) is 6.20 Å². The fraction of sp³-hybridized carbons (Fsp3) is 0.583. The highest BCUT2D eigenvalue weighted by molar-refractivity contribution is 5.93. The Labute approximate surface area is 101 Å². The average molecular weight is 237 g/mol. The van der Waals surface area contributed by atoms with Crippen LogP contribution < -0.4 is 4.90 Å². The first kappa shape index (κ1) is 13.4. The molecule has 17 heavy (non-hydrogen) atoms. The molecule has 0 fully saturated rings. The molecular weight excluding hydrogens is 218 g/mol. The second kappa shape index (κ2) is 5.61. The van der Waals surface area contributed by atoms with Gasteiger partial charge < -0.3 is 10.0 Å². The van der Waals surface area contributed by atoms with Crippen LogP contribution in [0.15, 0.2) is 12.3 Å². The zero-order valence-corrected chi connectivity index (χ0v) is 10.7. The van der Waals surface area contributed by atoms with Crippen molar-refractivity contribution in [1.29, 1.82) is 0 Å². The zero-order chi connectivity index (χ0) is 13.0. The van der Waals surface area contributed by atoms with Crippen LogP contribution in [0.3, 0.4) is 0 Å². The molecule has 0 atom stereocenters. The number of aromatic carboxylic acids is 1. The van der Waals surface area contributed by atoms with E-state index < -0.39 is 5.97 Å². The molecule has 5 heteroatoms. The van der Waals surface area contributed by atoms with Crippen LogP contribution in [0.1, 0.15) is 38.1 Å². The number of carboxylic acids is 1. The van der Waals surface area contributed by atoms with E-state index in [0.29, 0.717) is 11.7 Å². The fourth-order valence-corrected chi connectivity index (χ4v) is 1.64. The van der Waals surface area contributed by atoms with Gasteiger partial charge in [-0.2, -0.15) is 5.10 Å². The summed E-state index contributed by atoms with van der Waals surface area (Å²) in [6, 6.07) is 1.67. The predicted octanol–water partition coefficient (Wildman–Crippen LogP) is 2.05. The van der Waals surface area contributed by atoms with Crippen molar-refractivity contribution in [2.45, 2.75) is 33.7 Å². The third-order valence-corrected chi connectivity index (χ3v) is 2.39. The highest BCUT2D eigenvalue weighted by Gasteiger charge is 2.20. The second-order valence-electron chi connectivity index (χ2n) is 4.71.